The second kappa shape index (κ2) is 6.18. The van der Waals surface area contributed by atoms with E-state index >= 15 is 0 Å². The first-order valence-corrected chi connectivity index (χ1v) is 7.07. The van der Waals surface area contributed by atoms with Crippen LogP contribution in [0.4, 0.5) is 4.39 Å². The topological polar surface area (TPSA) is 44.2 Å². The smallest absolute Gasteiger partial charge is 0.213 e. The molecule has 3 rings (SSSR count). The molecule has 0 N–H and O–H groups in total. The number of nitrogens with zero attached hydrogens (tertiary/aromatic N) is 2. The summed E-state index contributed by atoms with van der Waals surface area (Å²) in [5.41, 5.74) is 1.57. The van der Waals surface area contributed by atoms with Crippen LogP contribution < -0.4 is 4.74 Å². The van der Waals surface area contributed by atoms with Gasteiger partial charge in [0.25, 0.3) is 0 Å². The van der Waals surface area contributed by atoms with Gasteiger partial charge in [-0.1, -0.05) is 12.2 Å². The highest BCUT2D eigenvalue weighted by Crippen LogP contribution is 2.23. The number of rotatable bonds is 3. The third-order valence-electron chi connectivity index (χ3n) is 3.58. The lowest BCUT2D eigenvalue weighted by molar-refractivity contribution is 0.0471. The van der Waals surface area contributed by atoms with E-state index in [2.05, 4.69) is 9.97 Å². The molecule has 3 heterocycles. The van der Waals surface area contributed by atoms with Gasteiger partial charge in [-0.3, -0.25) is 4.98 Å². The van der Waals surface area contributed by atoms with Crippen molar-refractivity contribution >= 4 is 17.1 Å². The molecule has 0 bridgehead atoms. The molecule has 1 unspecified atom stereocenters. The van der Waals surface area contributed by atoms with Gasteiger partial charge in [-0.15, -0.1) is 0 Å². The molecule has 4 nitrogen and oxygen atoms in total. The van der Waals surface area contributed by atoms with E-state index in [1.54, 1.807) is 18.2 Å². The predicted molar refractivity (Wildman–Crippen MR) is 78.7 cm³/mol. The van der Waals surface area contributed by atoms with Crippen LogP contribution in [0.5, 0.6) is 5.88 Å². The molecule has 0 spiro atoms. The largest absolute Gasteiger partial charge is 0.481 e. The van der Waals surface area contributed by atoms with Crippen LogP contribution in [0, 0.1) is 5.82 Å². The summed E-state index contributed by atoms with van der Waals surface area (Å²) in [6.45, 7) is 0.765. The van der Waals surface area contributed by atoms with E-state index in [1.807, 2.05) is 6.08 Å². The molecule has 1 atom stereocenters. The summed E-state index contributed by atoms with van der Waals surface area (Å²) < 4.78 is 24.8. The number of methoxy groups -OCH3 is 1. The van der Waals surface area contributed by atoms with Crippen molar-refractivity contribution in [3.8, 4) is 5.88 Å². The number of aromatic nitrogens is 2. The van der Waals surface area contributed by atoms with E-state index in [4.69, 9.17) is 9.47 Å². The van der Waals surface area contributed by atoms with E-state index in [1.165, 1.54) is 13.3 Å². The molecule has 1 saturated heterocycles. The van der Waals surface area contributed by atoms with Crippen LogP contribution in [-0.2, 0) is 4.74 Å². The first-order chi connectivity index (χ1) is 10.3. The predicted octanol–water partition coefficient (Wildman–Crippen LogP) is 3.36. The zero-order valence-corrected chi connectivity index (χ0v) is 11.9. The zero-order chi connectivity index (χ0) is 14.7. The molecule has 2 aromatic heterocycles. The highest BCUT2D eigenvalue weighted by molar-refractivity contribution is 5.84. The summed E-state index contributed by atoms with van der Waals surface area (Å²) in [6.07, 6.45) is 8.11. The SMILES string of the molecule is COc1ccc2ncc(F)c(/C=C/C3CCCCO3)c2n1. The van der Waals surface area contributed by atoms with E-state index in [9.17, 15) is 4.39 Å². The van der Waals surface area contributed by atoms with Crippen LogP contribution in [0.3, 0.4) is 0 Å². The van der Waals surface area contributed by atoms with Crippen LogP contribution in [0.15, 0.2) is 24.4 Å². The van der Waals surface area contributed by atoms with Gasteiger partial charge in [0.1, 0.15) is 5.52 Å². The Kier molecular flexibility index (Phi) is 4.10. The standard InChI is InChI=1S/C16H17FN2O2/c1-20-15-8-7-14-16(19-15)12(13(17)10-18-14)6-5-11-4-2-3-9-21-11/h5-8,10-11H,2-4,9H2,1H3/b6-5+. The highest BCUT2D eigenvalue weighted by atomic mass is 19.1. The average Bonchev–Trinajstić information content (AvgIpc) is 2.54. The summed E-state index contributed by atoms with van der Waals surface area (Å²) >= 11 is 0. The number of pyridine rings is 2. The molecule has 0 radical (unpaired) electrons. The summed E-state index contributed by atoms with van der Waals surface area (Å²) in [4.78, 5) is 8.35. The van der Waals surface area contributed by atoms with Crippen molar-refractivity contribution in [2.45, 2.75) is 25.4 Å². The number of hydrogen-bond donors (Lipinski definition) is 0. The maximum Gasteiger partial charge on any atom is 0.213 e. The Morgan fingerprint density at radius 3 is 3.05 bits per heavy atom. The monoisotopic (exact) mass is 288 g/mol. The fraction of sp³-hybridized carbons (Fsp3) is 0.375. The fourth-order valence-electron chi connectivity index (χ4n) is 2.44. The summed E-state index contributed by atoms with van der Waals surface area (Å²) in [5.74, 6) is 0.0498. The minimum absolute atomic E-state index is 0.0481. The first kappa shape index (κ1) is 13.9. The van der Waals surface area contributed by atoms with Crippen LogP contribution in [0.1, 0.15) is 24.8 Å². The van der Waals surface area contributed by atoms with Crippen LogP contribution in [0.2, 0.25) is 0 Å². The summed E-state index contributed by atoms with van der Waals surface area (Å²) in [7, 11) is 1.53. The molecular weight excluding hydrogens is 271 g/mol. The lowest BCUT2D eigenvalue weighted by Gasteiger charge is -2.19. The van der Waals surface area contributed by atoms with Gasteiger partial charge in [-0.25, -0.2) is 9.37 Å². The molecule has 0 saturated carbocycles. The van der Waals surface area contributed by atoms with Gasteiger partial charge in [0, 0.05) is 18.2 Å². The molecule has 110 valence electrons. The average molecular weight is 288 g/mol. The van der Waals surface area contributed by atoms with Gasteiger partial charge < -0.3 is 9.47 Å². The zero-order valence-electron chi connectivity index (χ0n) is 11.9. The lowest BCUT2D eigenvalue weighted by atomic mass is 10.1. The second-order valence-electron chi connectivity index (χ2n) is 5.01. The summed E-state index contributed by atoms with van der Waals surface area (Å²) in [6, 6.07) is 3.49. The van der Waals surface area contributed by atoms with E-state index in [-0.39, 0.29) is 6.10 Å². The maximum atomic E-state index is 14.1. The molecule has 1 aliphatic heterocycles. The Bertz CT molecular complexity index is 667. The number of fused-ring (bicyclic) bond motifs is 1. The second-order valence-corrected chi connectivity index (χ2v) is 5.01. The van der Waals surface area contributed by atoms with Crippen LogP contribution in [0.25, 0.3) is 17.1 Å². The van der Waals surface area contributed by atoms with Crippen LogP contribution in [-0.4, -0.2) is 29.8 Å². The van der Waals surface area contributed by atoms with Gasteiger partial charge >= 0.3 is 0 Å². The minimum Gasteiger partial charge on any atom is -0.481 e. The lowest BCUT2D eigenvalue weighted by Crippen LogP contribution is -2.16. The van der Waals surface area contributed by atoms with Crippen molar-refractivity contribution in [3.05, 3.63) is 35.8 Å². The number of ether oxygens (including phenoxy) is 2. The number of hydrogen-bond acceptors (Lipinski definition) is 4. The molecule has 5 heteroatoms. The quantitative estimate of drug-likeness (QED) is 0.868. The van der Waals surface area contributed by atoms with Gasteiger partial charge in [0.15, 0.2) is 5.82 Å². The van der Waals surface area contributed by atoms with Crippen LogP contribution >= 0.6 is 0 Å². The molecular formula is C16H17FN2O2. The Hall–Kier alpha value is -2.01. The van der Waals surface area contributed by atoms with Gasteiger partial charge in [0.05, 0.1) is 24.9 Å². The van der Waals surface area contributed by atoms with Gasteiger partial charge in [0.2, 0.25) is 5.88 Å². The highest BCUT2D eigenvalue weighted by Gasteiger charge is 2.13. The van der Waals surface area contributed by atoms with Gasteiger partial charge in [-0.05, 0) is 25.3 Å². The van der Waals surface area contributed by atoms with Crippen molar-refractivity contribution < 1.29 is 13.9 Å². The molecule has 0 aliphatic carbocycles. The maximum absolute atomic E-state index is 14.1. The van der Waals surface area contributed by atoms with Crippen molar-refractivity contribution in [2.24, 2.45) is 0 Å². The normalized spacial score (nSPS) is 19.2. The Morgan fingerprint density at radius 1 is 1.38 bits per heavy atom. The Balaban J connectivity index is 1.99. The number of halogens is 1. The van der Waals surface area contributed by atoms with E-state index in [0.29, 0.717) is 22.5 Å². The molecule has 0 amide bonds. The molecule has 1 fully saturated rings. The third kappa shape index (κ3) is 3.03. The fourth-order valence-corrected chi connectivity index (χ4v) is 2.44. The van der Waals surface area contributed by atoms with Crippen molar-refractivity contribution in [1.29, 1.82) is 0 Å². The first-order valence-electron chi connectivity index (χ1n) is 7.07. The molecule has 2 aromatic rings. The molecule has 1 aliphatic rings. The van der Waals surface area contributed by atoms with Gasteiger partial charge in [-0.2, -0.15) is 0 Å². The van der Waals surface area contributed by atoms with Crippen molar-refractivity contribution in [1.82, 2.24) is 9.97 Å². The minimum atomic E-state index is -0.393. The Labute approximate surface area is 122 Å². The molecule has 0 aromatic carbocycles. The summed E-state index contributed by atoms with van der Waals surface area (Å²) in [5, 5.41) is 0. The van der Waals surface area contributed by atoms with Crippen molar-refractivity contribution in [2.75, 3.05) is 13.7 Å². The third-order valence-corrected chi connectivity index (χ3v) is 3.58. The van der Waals surface area contributed by atoms with Crippen molar-refractivity contribution in [3.63, 3.8) is 0 Å². The Morgan fingerprint density at radius 2 is 2.29 bits per heavy atom. The molecule has 21 heavy (non-hydrogen) atoms. The van der Waals surface area contributed by atoms with E-state index in [0.717, 1.165) is 25.9 Å². The van der Waals surface area contributed by atoms with E-state index < -0.39 is 5.82 Å².